The van der Waals surface area contributed by atoms with Crippen molar-refractivity contribution in [3.05, 3.63) is 12.2 Å². The summed E-state index contributed by atoms with van der Waals surface area (Å²) in [4.78, 5) is 0. The summed E-state index contributed by atoms with van der Waals surface area (Å²) in [5.74, 6) is 0. The van der Waals surface area contributed by atoms with E-state index in [2.05, 4.69) is 50.7 Å². The van der Waals surface area contributed by atoms with Crippen LogP contribution >= 0.6 is 0 Å². The Morgan fingerprint density at radius 3 is 2.33 bits per heavy atom. The maximum absolute atomic E-state index is 3.24. The van der Waals surface area contributed by atoms with Gasteiger partial charge in [-0.15, -0.1) is 0 Å². The molecule has 1 heterocycles. The molecule has 0 saturated carbocycles. The minimum atomic E-state index is 0.265. The Labute approximate surface area is 75.4 Å². The van der Waals surface area contributed by atoms with Crippen molar-refractivity contribution in [1.82, 2.24) is 10.9 Å². The molecule has 0 aromatic carbocycles. The van der Waals surface area contributed by atoms with Crippen LogP contribution in [0.25, 0.3) is 0 Å². The highest BCUT2D eigenvalue weighted by molar-refractivity contribution is 5.06. The van der Waals surface area contributed by atoms with Gasteiger partial charge in [0.25, 0.3) is 0 Å². The smallest absolute Gasteiger partial charge is 0.0462 e. The first kappa shape index (κ1) is 9.75. The Balaban J connectivity index is 2.52. The molecular weight excluding hydrogens is 148 g/mol. The van der Waals surface area contributed by atoms with Crippen LogP contribution in [-0.2, 0) is 0 Å². The van der Waals surface area contributed by atoms with E-state index in [4.69, 9.17) is 0 Å². The predicted octanol–water partition coefficient (Wildman–Crippen LogP) is 1.84. The van der Waals surface area contributed by atoms with Gasteiger partial charge in [-0.25, -0.2) is 0 Å². The predicted molar refractivity (Wildman–Crippen MR) is 52.7 cm³/mol. The summed E-state index contributed by atoms with van der Waals surface area (Å²) in [6.07, 6.45) is 5.67. The second-order valence-electron chi connectivity index (χ2n) is 4.19. The topological polar surface area (TPSA) is 24.1 Å². The van der Waals surface area contributed by atoms with E-state index in [1.165, 1.54) is 0 Å². The number of hydrazine groups is 1. The molecule has 2 atom stereocenters. The van der Waals surface area contributed by atoms with E-state index >= 15 is 0 Å². The van der Waals surface area contributed by atoms with Crippen molar-refractivity contribution in [2.45, 2.75) is 46.2 Å². The molecule has 12 heavy (non-hydrogen) atoms. The molecule has 1 aliphatic heterocycles. The summed E-state index contributed by atoms with van der Waals surface area (Å²) in [5.41, 5.74) is 6.66. The lowest BCUT2D eigenvalue weighted by atomic mass is 9.79. The Hall–Kier alpha value is -0.340. The van der Waals surface area contributed by atoms with Gasteiger partial charge in [0.1, 0.15) is 0 Å². The van der Waals surface area contributed by atoms with Crippen LogP contribution in [0.4, 0.5) is 0 Å². The molecule has 2 N–H and O–H groups in total. The zero-order chi connectivity index (χ0) is 9.19. The molecule has 0 aromatic heterocycles. The van der Waals surface area contributed by atoms with Crippen molar-refractivity contribution >= 4 is 0 Å². The molecule has 0 aromatic rings. The van der Waals surface area contributed by atoms with E-state index in [-0.39, 0.29) is 5.41 Å². The van der Waals surface area contributed by atoms with Gasteiger partial charge in [0.2, 0.25) is 0 Å². The second kappa shape index (κ2) is 3.58. The lowest BCUT2D eigenvalue weighted by Gasteiger charge is -2.45. The molecular formula is C10H20N2. The van der Waals surface area contributed by atoms with E-state index in [0.29, 0.717) is 12.1 Å². The Kier molecular flexibility index (Phi) is 2.91. The largest absolute Gasteiger partial charge is 0.253 e. The average Bonchev–Trinajstić information content (AvgIpc) is 1.97. The number of hydrogen-bond acceptors (Lipinski definition) is 2. The average molecular weight is 168 g/mol. The first-order valence-electron chi connectivity index (χ1n) is 4.76. The lowest BCUT2D eigenvalue weighted by molar-refractivity contribution is 0.123. The Morgan fingerprint density at radius 1 is 1.33 bits per heavy atom. The first-order valence-corrected chi connectivity index (χ1v) is 4.76. The summed E-state index contributed by atoms with van der Waals surface area (Å²) < 4.78 is 0. The van der Waals surface area contributed by atoms with Gasteiger partial charge < -0.3 is 0 Å². The van der Waals surface area contributed by atoms with Crippen molar-refractivity contribution in [3.63, 3.8) is 0 Å². The summed E-state index contributed by atoms with van der Waals surface area (Å²) >= 11 is 0. The van der Waals surface area contributed by atoms with E-state index in [9.17, 15) is 0 Å². The van der Waals surface area contributed by atoms with Gasteiger partial charge in [-0.2, -0.15) is 0 Å². The number of allylic oxidation sites excluding steroid dienone is 1. The van der Waals surface area contributed by atoms with Crippen LogP contribution in [-0.4, -0.2) is 12.1 Å². The second-order valence-corrected chi connectivity index (χ2v) is 4.19. The fourth-order valence-electron chi connectivity index (χ4n) is 1.69. The van der Waals surface area contributed by atoms with E-state index in [0.717, 1.165) is 6.42 Å². The molecule has 1 rings (SSSR count). The van der Waals surface area contributed by atoms with Crippen LogP contribution in [0.3, 0.4) is 0 Å². The molecule has 1 aliphatic rings. The van der Waals surface area contributed by atoms with Gasteiger partial charge in [0.05, 0.1) is 0 Å². The zero-order valence-electron chi connectivity index (χ0n) is 8.52. The summed E-state index contributed by atoms with van der Waals surface area (Å²) in [5, 5.41) is 0. The van der Waals surface area contributed by atoms with Crippen LogP contribution in [0.15, 0.2) is 12.2 Å². The fourth-order valence-corrected chi connectivity index (χ4v) is 1.69. The normalized spacial score (nSPS) is 30.7. The Bertz CT molecular complexity index is 173. The minimum absolute atomic E-state index is 0.265. The molecule has 2 heteroatoms. The lowest BCUT2D eigenvalue weighted by Crippen LogP contribution is -2.70. The molecule has 2 nitrogen and oxygen atoms in total. The van der Waals surface area contributed by atoms with Crippen molar-refractivity contribution in [1.29, 1.82) is 0 Å². The third-order valence-corrected chi connectivity index (χ3v) is 2.55. The molecule has 70 valence electrons. The maximum Gasteiger partial charge on any atom is 0.0462 e. The van der Waals surface area contributed by atoms with E-state index < -0.39 is 0 Å². The Morgan fingerprint density at radius 2 is 2.00 bits per heavy atom. The molecule has 1 unspecified atom stereocenters. The third kappa shape index (κ3) is 1.87. The molecule has 0 aliphatic carbocycles. The van der Waals surface area contributed by atoms with Crippen molar-refractivity contribution in [2.75, 3.05) is 0 Å². The van der Waals surface area contributed by atoms with Gasteiger partial charge >= 0.3 is 0 Å². The molecule has 0 amide bonds. The van der Waals surface area contributed by atoms with E-state index in [1.54, 1.807) is 0 Å². The van der Waals surface area contributed by atoms with Crippen LogP contribution < -0.4 is 10.9 Å². The van der Waals surface area contributed by atoms with Crippen LogP contribution in [0.1, 0.15) is 34.1 Å². The third-order valence-electron chi connectivity index (χ3n) is 2.55. The monoisotopic (exact) mass is 168 g/mol. The molecule has 1 saturated heterocycles. The highest BCUT2D eigenvalue weighted by Gasteiger charge is 2.37. The first-order chi connectivity index (χ1) is 5.58. The van der Waals surface area contributed by atoms with Gasteiger partial charge in [-0.05, 0) is 13.3 Å². The van der Waals surface area contributed by atoms with Crippen LogP contribution in [0.2, 0.25) is 0 Å². The zero-order valence-corrected chi connectivity index (χ0v) is 8.52. The van der Waals surface area contributed by atoms with Gasteiger partial charge in [-0.1, -0.05) is 32.9 Å². The minimum Gasteiger partial charge on any atom is -0.253 e. The quantitative estimate of drug-likeness (QED) is 0.628. The molecule has 0 spiro atoms. The van der Waals surface area contributed by atoms with E-state index in [1.807, 2.05) is 0 Å². The standard InChI is InChI=1S/C10H20N2/c1-5-6-7-10(3,4)9-8(2)11-12-9/h6-9,11-12H,5H2,1-4H3/b7-6-/t8?,9-/m0/s1. The van der Waals surface area contributed by atoms with Gasteiger partial charge in [-0.3, -0.25) is 10.9 Å². The summed E-state index contributed by atoms with van der Waals surface area (Å²) in [6.45, 7) is 8.92. The van der Waals surface area contributed by atoms with Crippen LogP contribution in [0, 0.1) is 5.41 Å². The highest BCUT2D eigenvalue weighted by atomic mass is 15.5. The van der Waals surface area contributed by atoms with Crippen molar-refractivity contribution in [2.24, 2.45) is 5.41 Å². The fraction of sp³-hybridized carbons (Fsp3) is 0.800. The SMILES string of the molecule is CC/C=C\C(C)(C)[C@H]1NNC1C. The summed E-state index contributed by atoms with van der Waals surface area (Å²) in [6, 6.07) is 1.15. The van der Waals surface area contributed by atoms with Gasteiger partial charge in [0, 0.05) is 17.5 Å². The van der Waals surface area contributed by atoms with Gasteiger partial charge in [0.15, 0.2) is 0 Å². The molecule has 0 radical (unpaired) electrons. The molecule has 1 fully saturated rings. The molecule has 0 bridgehead atoms. The number of hydrogen-bond donors (Lipinski definition) is 2. The number of nitrogens with one attached hydrogen (secondary N) is 2. The maximum atomic E-state index is 3.24. The number of rotatable bonds is 3. The highest BCUT2D eigenvalue weighted by Crippen LogP contribution is 2.27. The summed E-state index contributed by atoms with van der Waals surface area (Å²) in [7, 11) is 0. The van der Waals surface area contributed by atoms with Crippen molar-refractivity contribution < 1.29 is 0 Å². The van der Waals surface area contributed by atoms with Crippen molar-refractivity contribution in [3.8, 4) is 0 Å². The van der Waals surface area contributed by atoms with Crippen LogP contribution in [0.5, 0.6) is 0 Å².